The minimum Gasteiger partial charge on any atom is -0.325 e. The normalized spacial score (nSPS) is 11.6. The van der Waals surface area contributed by atoms with Gasteiger partial charge in [-0.2, -0.15) is 0 Å². The van der Waals surface area contributed by atoms with Gasteiger partial charge in [0.2, 0.25) is 5.91 Å². The summed E-state index contributed by atoms with van der Waals surface area (Å²) in [5.41, 5.74) is 4.07. The average Bonchev–Trinajstić information content (AvgIpc) is 2.72. The van der Waals surface area contributed by atoms with Crippen LogP contribution in [-0.2, 0) is 4.79 Å². The van der Waals surface area contributed by atoms with Gasteiger partial charge in [-0.3, -0.25) is 9.59 Å². The van der Waals surface area contributed by atoms with Crippen LogP contribution in [0.15, 0.2) is 71.6 Å². The van der Waals surface area contributed by atoms with E-state index in [0.717, 1.165) is 16.0 Å². The second kappa shape index (κ2) is 9.83. The molecule has 6 heteroatoms. The van der Waals surface area contributed by atoms with Gasteiger partial charge < -0.3 is 10.6 Å². The molecule has 0 aromatic heterocycles. The summed E-state index contributed by atoms with van der Waals surface area (Å²) in [6.45, 7) is 5.75. The number of thioether (sulfide) groups is 1. The van der Waals surface area contributed by atoms with Crippen molar-refractivity contribution in [1.82, 2.24) is 0 Å². The van der Waals surface area contributed by atoms with Crippen molar-refractivity contribution < 1.29 is 9.59 Å². The van der Waals surface area contributed by atoms with Crippen molar-refractivity contribution in [3.63, 3.8) is 0 Å². The van der Waals surface area contributed by atoms with Crippen LogP contribution in [0.1, 0.15) is 28.4 Å². The Labute approximate surface area is 186 Å². The molecule has 0 saturated carbocycles. The number of halogens is 1. The lowest BCUT2D eigenvalue weighted by atomic mass is 10.1. The lowest BCUT2D eigenvalue weighted by Crippen LogP contribution is -2.22. The fourth-order valence-electron chi connectivity index (χ4n) is 2.70. The van der Waals surface area contributed by atoms with E-state index in [9.17, 15) is 9.59 Å². The molecular formula is C24H23ClN2O2S. The molecule has 4 nitrogen and oxygen atoms in total. The molecule has 3 aromatic rings. The largest absolute Gasteiger partial charge is 0.325 e. The van der Waals surface area contributed by atoms with Crippen molar-refractivity contribution in [2.24, 2.45) is 0 Å². The smallest absolute Gasteiger partial charge is 0.255 e. The number of hydrogen-bond donors (Lipinski definition) is 2. The molecule has 154 valence electrons. The Morgan fingerprint density at radius 2 is 1.50 bits per heavy atom. The zero-order valence-corrected chi connectivity index (χ0v) is 18.6. The molecule has 0 aliphatic rings. The van der Waals surface area contributed by atoms with Crippen LogP contribution in [0.2, 0.25) is 5.02 Å². The maximum atomic E-state index is 12.5. The van der Waals surface area contributed by atoms with E-state index >= 15 is 0 Å². The quantitative estimate of drug-likeness (QED) is 0.442. The molecule has 0 aliphatic carbocycles. The summed E-state index contributed by atoms with van der Waals surface area (Å²) in [7, 11) is 0. The molecule has 1 atom stereocenters. The van der Waals surface area contributed by atoms with Crippen molar-refractivity contribution in [2.75, 3.05) is 10.6 Å². The molecule has 1 unspecified atom stereocenters. The number of carbonyl (C=O) groups is 2. The van der Waals surface area contributed by atoms with Crippen LogP contribution >= 0.6 is 23.4 Å². The Kier molecular flexibility index (Phi) is 7.19. The number of hydrogen-bond acceptors (Lipinski definition) is 3. The molecule has 0 aliphatic heterocycles. The highest BCUT2D eigenvalue weighted by molar-refractivity contribution is 8.00. The van der Waals surface area contributed by atoms with Crippen molar-refractivity contribution in [1.29, 1.82) is 0 Å². The number of benzene rings is 3. The number of anilines is 2. The van der Waals surface area contributed by atoms with Crippen LogP contribution in [-0.4, -0.2) is 17.1 Å². The second-order valence-electron chi connectivity index (χ2n) is 7.06. The monoisotopic (exact) mass is 438 g/mol. The third-order valence-electron chi connectivity index (χ3n) is 4.55. The Morgan fingerprint density at radius 1 is 0.867 bits per heavy atom. The molecule has 0 heterocycles. The Morgan fingerprint density at radius 3 is 2.13 bits per heavy atom. The SMILES string of the molecule is Cc1ccc(C(=O)Nc2ccc(SC(C)C(=O)Nc3ccc(C)c(Cl)c3)cc2)cc1. The molecule has 3 rings (SSSR count). The van der Waals surface area contributed by atoms with Crippen molar-refractivity contribution in [3.05, 3.63) is 88.4 Å². The molecule has 3 aromatic carbocycles. The van der Waals surface area contributed by atoms with E-state index < -0.39 is 0 Å². The van der Waals surface area contributed by atoms with E-state index in [1.54, 1.807) is 18.2 Å². The van der Waals surface area contributed by atoms with Crippen molar-refractivity contribution in [2.45, 2.75) is 30.9 Å². The van der Waals surface area contributed by atoms with E-state index in [1.165, 1.54) is 11.8 Å². The summed E-state index contributed by atoms with van der Waals surface area (Å²) in [5, 5.41) is 6.10. The van der Waals surface area contributed by atoms with Gasteiger partial charge in [0.25, 0.3) is 5.91 Å². The predicted octanol–water partition coefficient (Wildman–Crippen LogP) is 6.33. The molecule has 0 fully saturated rings. The fraction of sp³-hybridized carbons (Fsp3) is 0.167. The highest BCUT2D eigenvalue weighted by atomic mass is 35.5. The first kappa shape index (κ1) is 21.9. The van der Waals surface area contributed by atoms with Crippen LogP contribution in [0.4, 0.5) is 11.4 Å². The highest BCUT2D eigenvalue weighted by Gasteiger charge is 2.15. The van der Waals surface area contributed by atoms with Gasteiger partial charge in [-0.1, -0.05) is 35.4 Å². The van der Waals surface area contributed by atoms with Crippen LogP contribution in [0.5, 0.6) is 0 Å². The van der Waals surface area contributed by atoms with E-state index in [4.69, 9.17) is 11.6 Å². The molecule has 30 heavy (non-hydrogen) atoms. The van der Waals surface area contributed by atoms with E-state index in [1.807, 2.05) is 69.3 Å². The van der Waals surface area contributed by atoms with E-state index in [2.05, 4.69) is 10.6 Å². The maximum absolute atomic E-state index is 12.5. The highest BCUT2D eigenvalue weighted by Crippen LogP contribution is 2.26. The van der Waals surface area contributed by atoms with Gasteiger partial charge in [0.05, 0.1) is 5.25 Å². The van der Waals surface area contributed by atoms with Gasteiger partial charge in [-0.15, -0.1) is 11.8 Å². The lowest BCUT2D eigenvalue weighted by Gasteiger charge is -2.13. The standard InChI is InChI=1S/C24H23ClN2O2S/c1-15-4-7-18(8-5-15)24(29)26-19-10-12-21(13-11-19)30-17(3)23(28)27-20-9-6-16(2)22(25)14-20/h4-14,17H,1-3H3,(H,26,29)(H,27,28). The molecule has 2 N–H and O–H groups in total. The molecule has 0 radical (unpaired) electrons. The van der Waals surface area contributed by atoms with Crippen molar-refractivity contribution in [3.8, 4) is 0 Å². The Bertz CT molecular complexity index is 1050. The van der Waals surface area contributed by atoms with Crippen LogP contribution < -0.4 is 10.6 Å². The summed E-state index contributed by atoms with van der Waals surface area (Å²) in [6, 6.07) is 20.3. The lowest BCUT2D eigenvalue weighted by molar-refractivity contribution is -0.115. The molecule has 0 bridgehead atoms. The zero-order chi connectivity index (χ0) is 21.7. The number of carbonyl (C=O) groups excluding carboxylic acids is 2. The summed E-state index contributed by atoms with van der Waals surface area (Å²) < 4.78 is 0. The van der Waals surface area contributed by atoms with Crippen molar-refractivity contribution >= 4 is 46.6 Å². The van der Waals surface area contributed by atoms with E-state index in [-0.39, 0.29) is 17.1 Å². The average molecular weight is 439 g/mol. The zero-order valence-electron chi connectivity index (χ0n) is 17.0. The van der Waals surface area contributed by atoms with Gasteiger partial charge in [0.1, 0.15) is 0 Å². The second-order valence-corrected chi connectivity index (χ2v) is 8.88. The van der Waals surface area contributed by atoms with Gasteiger partial charge in [-0.05, 0) is 74.9 Å². The van der Waals surface area contributed by atoms with Gasteiger partial charge in [0, 0.05) is 26.9 Å². The number of nitrogens with one attached hydrogen (secondary N) is 2. The number of rotatable bonds is 6. The molecule has 0 spiro atoms. The predicted molar refractivity (Wildman–Crippen MR) is 126 cm³/mol. The first-order valence-electron chi connectivity index (χ1n) is 9.53. The summed E-state index contributed by atoms with van der Waals surface area (Å²) in [5.74, 6) is -0.253. The third kappa shape index (κ3) is 5.88. The Hall–Kier alpha value is -2.76. The number of aryl methyl sites for hydroxylation is 2. The van der Waals surface area contributed by atoms with Gasteiger partial charge in [-0.25, -0.2) is 0 Å². The first-order chi connectivity index (χ1) is 14.3. The summed E-state index contributed by atoms with van der Waals surface area (Å²) >= 11 is 7.56. The topological polar surface area (TPSA) is 58.2 Å². The number of amides is 2. The first-order valence-corrected chi connectivity index (χ1v) is 10.8. The molecular weight excluding hydrogens is 416 g/mol. The van der Waals surface area contributed by atoms with Crippen LogP contribution in [0.3, 0.4) is 0 Å². The van der Waals surface area contributed by atoms with Crippen LogP contribution in [0.25, 0.3) is 0 Å². The summed E-state index contributed by atoms with van der Waals surface area (Å²) in [6.07, 6.45) is 0. The molecule has 2 amide bonds. The Balaban J connectivity index is 1.56. The van der Waals surface area contributed by atoms with E-state index in [0.29, 0.717) is 22.0 Å². The van der Waals surface area contributed by atoms with Crippen LogP contribution in [0, 0.1) is 13.8 Å². The minimum atomic E-state index is -0.293. The van der Waals surface area contributed by atoms with Gasteiger partial charge in [0.15, 0.2) is 0 Å². The maximum Gasteiger partial charge on any atom is 0.255 e. The third-order valence-corrected chi connectivity index (χ3v) is 6.07. The van der Waals surface area contributed by atoms with Gasteiger partial charge >= 0.3 is 0 Å². The minimum absolute atomic E-state index is 0.100. The summed E-state index contributed by atoms with van der Waals surface area (Å²) in [4.78, 5) is 25.7. The molecule has 0 saturated heterocycles. The fourth-order valence-corrected chi connectivity index (χ4v) is 3.75.